The highest BCUT2D eigenvalue weighted by Crippen LogP contribution is 2.52. The summed E-state index contributed by atoms with van der Waals surface area (Å²) in [6.07, 6.45) is 6.93. The number of fused-ring (bicyclic) bond motifs is 1. The summed E-state index contributed by atoms with van der Waals surface area (Å²) in [5.74, 6) is -0.915. The first-order chi connectivity index (χ1) is 12.5. The zero-order chi connectivity index (χ0) is 18.5. The second kappa shape index (κ2) is 6.23. The molecule has 1 aromatic rings. The maximum atomic E-state index is 13.2. The average molecular weight is 359 g/mol. The van der Waals surface area contributed by atoms with E-state index in [1.54, 1.807) is 18.0 Å². The second-order valence-corrected chi connectivity index (χ2v) is 7.52. The number of amides is 2. The molecule has 0 aliphatic carbocycles. The van der Waals surface area contributed by atoms with Gasteiger partial charge in [-0.05, 0) is 12.8 Å². The second-order valence-electron chi connectivity index (χ2n) is 7.52. The molecule has 1 spiro atoms. The molecule has 3 aliphatic heterocycles. The van der Waals surface area contributed by atoms with Crippen LogP contribution in [0.3, 0.4) is 0 Å². The fraction of sp³-hybridized carbons (Fsp3) is 0.632. The minimum atomic E-state index is -0.639. The summed E-state index contributed by atoms with van der Waals surface area (Å²) in [5.41, 5.74) is 0.0472. The van der Waals surface area contributed by atoms with E-state index in [-0.39, 0.29) is 24.0 Å². The Hall–Kier alpha value is -2.15. The monoisotopic (exact) mass is 359 g/mol. The Morgan fingerprint density at radius 2 is 2.23 bits per heavy atom. The van der Waals surface area contributed by atoms with Crippen molar-refractivity contribution in [2.45, 2.75) is 51.0 Å². The summed E-state index contributed by atoms with van der Waals surface area (Å²) in [6, 6.07) is 1.93. The van der Waals surface area contributed by atoms with Crippen LogP contribution in [-0.4, -0.2) is 58.1 Å². The fourth-order valence-electron chi connectivity index (χ4n) is 4.74. The first kappa shape index (κ1) is 17.3. The lowest BCUT2D eigenvalue weighted by atomic mass is 9.76. The Morgan fingerprint density at radius 3 is 2.88 bits per heavy atom. The molecule has 4 rings (SSSR count). The number of carbonyl (C=O) groups is 2. The number of carbonyl (C=O) groups excluding carboxylic acids is 2. The van der Waals surface area contributed by atoms with Gasteiger partial charge in [0.15, 0.2) is 0 Å². The van der Waals surface area contributed by atoms with Crippen LogP contribution in [0.2, 0.25) is 0 Å². The Morgan fingerprint density at radius 1 is 1.46 bits per heavy atom. The van der Waals surface area contributed by atoms with E-state index in [0.717, 1.165) is 12.8 Å². The zero-order valence-corrected chi connectivity index (χ0v) is 15.4. The summed E-state index contributed by atoms with van der Waals surface area (Å²) < 4.78 is 11.0. The maximum absolute atomic E-state index is 13.2. The smallest absolute Gasteiger partial charge is 0.230 e. The van der Waals surface area contributed by atoms with Gasteiger partial charge in [-0.1, -0.05) is 31.2 Å². The highest BCUT2D eigenvalue weighted by molar-refractivity contribution is 5.93. The molecule has 140 valence electrons. The van der Waals surface area contributed by atoms with E-state index in [1.165, 1.54) is 6.26 Å². The van der Waals surface area contributed by atoms with Crippen molar-refractivity contribution >= 4 is 11.8 Å². The van der Waals surface area contributed by atoms with Crippen LogP contribution < -0.4 is 0 Å². The fourth-order valence-corrected chi connectivity index (χ4v) is 4.74. The first-order valence-corrected chi connectivity index (χ1v) is 9.32. The number of hydrogen-bond acceptors (Lipinski definition) is 5. The van der Waals surface area contributed by atoms with Crippen molar-refractivity contribution in [2.24, 2.45) is 11.8 Å². The van der Waals surface area contributed by atoms with E-state index in [2.05, 4.69) is 19.0 Å². The van der Waals surface area contributed by atoms with E-state index in [0.29, 0.717) is 18.8 Å². The van der Waals surface area contributed by atoms with Gasteiger partial charge < -0.3 is 19.1 Å². The molecular formula is C19H25N3O4. The van der Waals surface area contributed by atoms with Gasteiger partial charge in [-0.25, -0.2) is 0 Å². The molecule has 26 heavy (non-hydrogen) atoms. The van der Waals surface area contributed by atoms with Crippen LogP contribution in [0.15, 0.2) is 29.0 Å². The lowest BCUT2D eigenvalue weighted by molar-refractivity contribution is -0.143. The lowest BCUT2D eigenvalue weighted by Gasteiger charge is -2.29. The van der Waals surface area contributed by atoms with Crippen LogP contribution in [0.4, 0.5) is 0 Å². The van der Waals surface area contributed by atoms with Gasteiger partial charge in [0, 0.05) is 19.2 Å². The third kappa shape index (κ3) is 2.40. The Kier molecular flexibility index (Phi) is 4.14. The molecule has 2 fully saturated rings. The quantitative estimate of drug-likeness (QED) is 0.721. The standard InChI is InChI=1S/C19H25N3O4/c1-4-13(5-2)22-11-19-8-6-14(26-19)15(16(19)18(22)24)17(23)21(3)10-12-7-9-25-20-12/h6-9,13-16H,4-5,10-11H2,1-3H3/t14-,15-,16+,19-/m0/s1. The first-order valence-electron chi connectivity index (χ1n) is 9.32. The van der Waals surface area contributed by atoms with E-state index >= 15 is 0 Å². The number of hydrogen-bond donors (Lipinski definition) is 0. The largest absolute Gasteiger partial charge is 0.364 e. The van der Waals surface area contributed by atoms with Gasteiger partial charge in [0.05, 0.1) is 31.0 Å². The molecule has 0 aromatic carbocycles. The number of ether oxygens (including phenoxy) is 1. The van der Waals surface area contributed by atoms with Crippen LogP contribution in [-0.2, 0) is 20.9 Å². The molecule has 2 bridgehead atoms. The van der Waals surface area contributed by atoms with Gasteiger partial charge in [-0.3, -0.25) is 9.59 Å². The van der Waals surface area contributed by atoms with Gasteiger partial charge in [0.1, 0.15) is 17.6 Å². The van der Waals surface area contributed by atoms with E-state index in [9.17, 15) is 9.59 Å². The van der Waals surface area contributed by atoms with Crippen molar-refractivity contribution in [3.8, 4) is 0 Å². The van der Waals surface area contributed by atoms with Crippen LogP contribution in [0.5, 0.6) is 0 Å². The topological polar surface area (TPSA) is 75.9 Å². The van der Waals surface area contributed by atoms with Crippen molar-refractivity contribution in [3.63, 3.8) is 0 Å². The number of nitrogens with zero attached hydrogens (tertiary/aromatic N) is 3. The molecule has 7 heteroatoms. The number of aromatic nitrogens is 1. The lowest BCUT2D eigenvalue weighted by Crippen LogP contribution is -2.45. The third-order valence-corrected chi connectivity index (χ3v) is 6.06. The van der Waals surface area contributed by atoms with E-state index < -0.39 is 17.4 Å². The number of likely N-dealkylation sites (tertiary alicyclic amines) is 1. The molecule has 3 aliphatic rings. The van der Waals surface area contributed by atoms with Crippen LogP contribution >= 0.6 is 0 Å². The normalized spacial score (nSPS) is 31.9. The van der Waals surface area contributed by atoms with Crippen molar-refractivity contribution in [3.05, 3.63) is 30.2 Å². The zero-order valence-electron chi connectivity index (χ0n) is 15.4. The summed E-state index contributed by atoms with van der Waals surface area (Å²) in [7, 11) is 1.73. The van der Waals surface area contributed by atoms with Gasteiger partial charge >= 0.3 is 0 Å². The molecular weight excluding hydrogens is 334 g/mol. The van der Waals surface area contributed by atoms with Crippen molar-refractivity contribution in [2.75, 3.05) is 13.6 Å². The molecule has 1 aromatic heterocycles. The molecule has 2 saturated heterocycles. The van der Waals surface area contributed by atoms with Gasteiger partial charge in [0.2, 0.25) is 11.8 Å². The van der Waals surface area contributed by atoms with Crippen LogP contribution in [0.25, 0.3) is 0 Å². The molecule has 0 N–H and O–H groups in total. The third-order valence-electron chi connectivity index (χ3n) is 6.06. The molecule has 0 saturated carbocycles. The molecule has 4 heterocycles. The molecule has 2 amide bonds. The minimum absolute atomic E-state index is 0.0544. The predicted molar refractivity (Wildman–Crippen MR) is 92.8 cm³/mol. The van der Waals surface area contributed by atoms with Gasteiger partial charge in [-0.15, -0.1) is 0 Å². The highest BCUT2D eigenvalue weighted by atomic mass is 16.5. The molecule has 0 unspecified atom stereocenters. The molecule has 4 atom stereocenters. The van der Waals surface area contributed by atoms with Gasteiger partial charge in [-0.2, -0.15) is 0 Å². The van der Waals surface area contributed by atoms with Crippen molar-refractivity contribution < 1.29 is 18.8 Å². The summed E-state index contributed by atoms with van der Waals surface area (Å²) >= 11 is 0. The van der Waals surface area contributed by atoms with Crippen LogP contribution in [0, 0.1) is 11.8 Å². The molecule has 7 nitrogen and oxygen atoms in total. The summed E-state index contributed by atoms with van der Waals surface area (Å²) in [4.78, 5) is 29.9. The van der Waals surface area contributed by atoms with Gasteiger partial charge in [0.25, 0.3) is 0 Å². The Bertz CT molecular complexity index is 727. The number of rotatable bonds is 6. The summed E-state index contributed by atoms with van der Waals surface area (Å²) in [6.45, 7) is 5.09. The predicted octanol–water partition coefficient (Wildman–Crippen LogP) is 1.60. The van der Waals surface area contributed by atoms with Crippen LogP contribution in [0.1, 0.15) is 32.4 Å². The average Bonchev–Trinajstić information content (AvgIpc) is 3.38. The highest BCUT2D eigenvalue weighted by Gasteiger charge is 2.67. The van der Waals surface area contributed by atoms with E-state index in [4.69, 9.17) is 9.26 Å². The minimum Gasteiger partial charge on any atom is -0.364 e. The Labute approximate surface area is 152 Å². The summed E-state index contributed by atoms with van der Waals surface area (Å²) in [5, 5.41) is 3.86. The van der Waals surface area contributed by atoms with Crippen molar-refractivity contribution in [1.82, 2.24) is 15.0 Å². The molecule has 0 radical (unpaired) electrons. The Balaban J connectivity index is 1.57. The SMILES string of the molecule is CCC(CC)N1C[C@]23C=C[C@H](O2)[C@H](C(=O)N(C)Cc2ccon2)[C@@H]3C1=O. The maximum Gasteiger partial charge on any atom is 0.230 e. The van der Waals surface area contributed by atoms with Crippen molar-refractivity contribution in [1.29, 1.82) is 0 Å². The van der Waals surface area contributed by atoms with E-state index in [1.807, 2.05) is 17.1 Å².